The summed E-state index contributed by atoms with van der Waals surface area (Å²) in [6, 6.07) is 9.89. The number of hydrogen-bond donors (Lipinski definition) is 0. The number of para-hydroxylation sites is 1. The zero-order valence-corrected chi connectivity index (χ0v) is 9.14. The summed E-state index contributed by atoms with van der Waals surface area (Å²) in [6.07, 6.45) is 0. The van der Waals surface area contributed by atoms with Gasteiger partial charge in [-0.25, -0.2) is 0 Å². The number of halogens is 2. The maximum atomic E-state index is 6.01. The lowest BCUT2D eigenvalue weighted by Crippen LogP contribution is -1.87. The number of hydrogen-bond acceptors (Lipinski definition) is 1. The zero-order chi connectivity index (χ0) is 9.26. The van der Waals surface area contributed by atoms with Gasteiger partial charge < -0.3 is 0 Å². The molecule has 66 valence electrons. The number of alkyl halides is 1. The smallest absolute Gasteiger partial charge is 0.0706 e. The fraction of sp³-hybridized carbons (Fsp3) is 0.100. The van der Waals surface area contributed by atoms with Crippen molar-refractivity contribution in [3.8, 4) is 0 Å². The monoisotopic (exact) mass is 255 g/mol. The van der Waals surface area contributed by atoms with Gasteiger partial charge in [-0.2, -0.15) is 0 Å². The summed E-state index contributed by atoms with van der Waals surface area (Å²) in [6.45, 7) is 0. The van der Waals surface area contributed by atoms with Crippen molar-refractivity contribution in [2.45, 2.75) is 5.33 Å². The molecule has 0 aliphatic rings. The van der Waals surface area contributed by atoms with Crippen LogP contribution in [-0.2, 0) is 5.33 Å². The molecule has 0 spiro atoms. The van der Waals surface area contributed by atoms with Crippen LogP contribution in [-0.4, -0.2) is 4.98 Å². The fourth-order valence-corrected chi connectivity index (χ4v) is 2.04. The molecule has 13 heavy (non-hydrogen) atoms. The summed E-state index contributed by atoms with van der Waals surface area (Å²) in [5.74, 6) is 0. The molecule has 0 saturated carbocycles. The van der Waals surface area contributed by atoms with Gasteiger partial charge in [0, 0.05) is 10.7 Å². The van der Waals surface area contributed by atoms with Crippen LogP contribution in [0.25, 0.3) is 10.9 Å². The highest BCUT2D eigenvalue weighted by molar-refractivity contribution is 9.08. The first kappa shape index (κ1) is 8.97. The number of fused-ring (bicyclic) bond motifs is 1. The Labute approximate surface area is 89.9 Å². The molecule has 2 aromatic rings. The second-order valence-electron chi connectivity index (χ2n) is 2.74. The summed E-state index contributed by atoms with van der Waals surface area (Å²) in [5, 5.41) is 2.49. The van der Waals surface area contributed by atoms with Gasteiger partial charge in [0.25, 0.3) is 0 Å². The van der Waals surface area contributed by atoms with E-state index in [-0.39, 0.29) is 0 Å². The molecule has 2 rings (SSSR count). The highest BCUT2D eigenvalue weighted by atomic mass is 79.9. The van der Waals surface area contributed by atoms with Gasteiger partial charge >= 0.3 is 0 Å². The quantitative estimate of drug-likeness (QED) is 0.708. The molecule has 0 unspecified atom stereocenters. The number of nitrogens with zero attached hydrogens (tertiary/aromatic N) is 1. The average molecular weight is 257 g/mol. The Hall–Kier alpha value is -0.600. The van der Waals surface area contributed by atoms with Gasteiger partial charge in [0.2, 0.25) is 0 Å². The van der Waals surface area contributed by atoms with E-state index >= 15 is 0 Å². The number of benzene rings is 1. The van der Waals surface area contributed by atoms with Crippen LogP contribution in [0.1, 0.15) is 5.69 Å². The third-order valence-electron chi connectivity index (χ3n) is 1.88. The molecule has 0 aliphatic heterocycles. The minimum Gasteiger partial charge on any atom is -0.250 e. The molecule has 1 aromatic heterocycles. The molecule has 1 heterocycles. The Morgan fingerprint density at radius 1 is 1.31 bits per heavy atom. The molecule has 0 radical (unpaired) electrons. The van der Waals surface area contributed by atoms with Crippen LogP contribution in [0.2, 0.25) is 5.02 Å². The lowest BCUT2D eigenvalue weighted by atomic mass is 10.2. The van der Waals surface area contributed by atoms with Gasteiger partial charge in [0.1, 0.15) is 0 Å². The lowest BCUT2D eigenvalue weighted by Gasteiger charge is -2.01. The molecule has 0 aliphatic carbocycles. The minimum atomic E-state index is 0.691. The van der Waals surface area contributed by atoms with Crippen LogP contribution in [0.4, 0.5) is 0 Å². The Kier molecular flexibility index (Phi) is 2.51. The van der Waals surface area contributed by atoms with Gasteiger partial charge in [0.15, 0.2) is 0 Å². The Balaban J connectivity index is 2.74. The lowest BCUT2D eigenvalue weighted by molar-refractivity contribution is 1.24. The van der Waals surface area contributed by atoms with Crippen molar-refractivity contribution in [2.24, 2.45) is 0 Å². The Morgan fingerprint density at radius 3 is 2.85 bits per heavy atom. The first-order chi connectivity index (χ1) is 6.31. The molecule has 0 amide bonds. The summed E-state index contributed by atoms with van der Waals surface area (Å²) >= 11 is 9.36. The Bertz CT molecular complexity index is 442. The van der Waals surface area contributed by atoms with Gasteiger partial charge in [0.05, 0.1) is 16.2 Å². The summed E-state index contributed by atoms with van der Waals surface area (Å²) in [4.78, 5) is 4.41. The normalized spacial score (nSPS) is 10.6. The van der Waals surface area contributed by atoms with Crippen molar-refractivity contribution >= 4 is 38.4 Å². The van der Waals surface area contributed by atoms with Crippen LogP contribution in [0.15, 0.2) is 30.3 Å². The summed E-state index contributed by atoms with van der Waals surface area (Å²) in [7, 11) is 0. The number of pyridine rings is 1. The molecule has 3 heteroatoms. The molecule has 0 saturated heterocycles. The maximum absolute atomic E-state index is 6.01. The maximum Gasteiger partial charge on any atom is 0.0706 e. The van der Waals surface area contributed by atoms with E-state index in [2.05, 4.69) is 20.9 Å². The molecule has 0 fully saturated rings. The third kappa shape index (κ3) is 1.69. The highest BCUT2D eigenvalue weighted by Gasteiger charge is 2.02. The van der Waals surface area contributed by atoms with Crippen molar-refractivity contribution < 1.29 is 0 Å². The topological polar surface area (TPSA) is 12.9 Å². The van der Waals surface area contributed by atoms with E-state index in [1.165, 1.54) is 0 Å². The predicted molar refractivity (Wildman–Crippen MR) is 59.4 cm³/mol. The summed E-state index contributed by atoms with van der Waals surface area (Å²) in [5.41, 5.74) is 1.88. The van der Waals surface area contributed by atoms with E-state index in [0.717, 1.165) is 21.6 Å². The molecule has 1 nitrogen and oxygen atoms in total. The first-order valence-electron chi connectivity index (χ1n) is 3.91. The first-order valence-corrected chi connectivity index (χ1v) is 5.41. The molecular formula is C10H7BrClN. The average Bonchev–Trinajstić information content (AvgIpc) is 2.17. The molecular weight excluding hydrogens is 249 g/mol. The van der Waals surface area contributed by atoms with Gasteiger partial charge in [-0.3, -0.25) is 4.98 Å². The molecule has 0 bridgehead atoms. The number of aromatic nitrogens is 1. The Morgan fingerprint density at radius 2 is 2.08 bits per heavy atom. The molecule has 0 N–H and O–H groups in total. The van der Waals surface area contributed by atoms with E-state index in [9.17, 15) is 0 Å². The van der Waals surface area contributed by atoms with E-state index in [1.807, 2.05) is 30.3 Å². The second-order valence-corrected chi connectivity index (χ2v) is 3.71. The SMILES string of the molecule is Clc1cc2ccccc2nc1CBr. The highest BCUT2D eigenvalue weighted by Crippen LogP contribution is 2.22. The predicted octanol–water partition coefficient (Wildman–Crippen LogP) is 3.78. The van der Waals surface area contributed by atoms with Gasteiger partial charge in [-0.05, 0) is 12.1 Å². The van der Waals surface area contributed by atoms with E-state index in [0.29, 0.717) is 5.33 Å². The van der Waals surface area contributed by atoms with Crippen molar-refractivity contribution in [2.75, 3.05) is 0 Å². The van der Waals surface area contributed by atoms with Crippen LogP contribution < -0.4 is 0 Å². The minimum absolute atomic E-state index is 0.691. The zero-order valence-electron chi connectivity index (χ0n) is 6.80. The van der Waals surface area contributed by atoms with E-state index in [1.54, 1.807) is 0 Å². The van der Waals surface area contributed by atoms with Crippen molar-refractivity contribution in [1.29, 1.82) is 0 Å². The van der Waals surface area contributed by atoms with Crippen molar-refractivity contribution in [3.63, 3.8) is 0 Å². The molecule has 1 aromatic carbocycles. The molecule has 0 atom stereocenters. The van der Waals surface area contributed by atoms with Gasteiger partial charge in [-0.15, -0.1) is 0 Å². The van der Waals surface area contributed by atoms with Crippen LogP contribution >= 0.6 is 27.5 Å². The van der Waals surface area contributed by atoms with Crippen molar-refractivity contribution in [3.05, 3.63) is 41.0 Å². The van der Waals surface area contributed by atoms with E-state index < -0.39 is 0 Å². The summed E-state index contributed by atoms with van der Waals surface area (Å²) < 4.78 is 0. The fourth-order valence-electron chi connectivity index (χ4n) is 1.22. The standard InChI is InChI=1S/C10H7BrClN/c11-6-10-8(12)5-7-3-1-2-4-9(7)13-10/h1-5H,6H2. The van der Waals surface area contributed by atoms with Crippen LogP contribution in [0.3, 0.4) is 0 Å². The third-order valence-corrected chi connectivity index (χ3v) is 2.74. The van der Waals surface area contributed by atoms with Crippen LogP contribution in [0, 0.1) is 0 Å². The van der Waals surface area contributed by atoms with Crippen molar-refractivity contribution in [1.82, 2.24) is 4.98 Å². The second kappa shape index (κ2) is 3.64. The van der Waals surface area contributed by atoms with E-state index in [4.69, 9.17) is 11.6 Å². The largest absolute Gasteiger partial charge is 0.250 e. The van der Waals surface area contributed by atoms with Gasteiger partial charge in [-0.1, -0.05) is 45.7 Å². The number of rotatable bonds is 1. The van der Waals surface area contributed by atoms with Crippen LogP contribution in [0.5, 0.6) is 0 Å².